The zero-order valence-electron chi connectivity index (χ0n) is 9.64. The maximum absolute atomic E-state index is 12.2. The molecule has 0 saturated carbocycles. The Morgan fingerprint density at radius 2 is 2.11 bits per heavy atom. The van der Waals surface area contributed by atoms with Crippen molar-refractivity contribution in [3.8, 4) is 10.4 Å². The summed E-state index contributed by atoms with van der Waals surface area (Å²) in [7, 11) is 0. The monoisotopic (exact) mass is 333 g/mol. The van der Waals surface area contributed by atoms with Gasteiger partial charge in [0.25, 0.3) is 5.56 Å². The molecule has 1 N–H and O–H groups in total. The van der Waals surface area contributed by atoms with Gasteiger partial charge in [0.05, 0.1) is 5.56 Å². The first-order valence-electron chi connectivity index (χ1n) is 5.55. The fourth-order valence-electron chi connectivity index (χ4n) is 2.08. The van der Waals surface area contributed by atoms with Crippen LogP contribution in [-0.2, 0) is 0 Å². The fourth-order valence-corrected chi connectivity index (χ4v) is 3.22. The molecule has 0 aliphatic heterocycles. The Balaban J connectivity index is 2.48. The van der Waals surface area contributed by atoms with Crippen LogP contribution >= 0.6 is 27.3 Å². The highest BCUT2D eigenvalue weighted by atomic mass is 79.9. The lowest BCUT2D eigenvalue weighted by Crippen LogP contribution is -2.12. The standard InChI is InChI=1S/C14H8BrNO2S/c15-8-3-4-11-9(6-8)10(7-17)13(14(18)16-11)12-2-1-5-19-12/h1-7H,(H,16,18). The van der Waals surface area contributed by atoms with Gasteiger partial charge < -0.3 is 4.98 Å². The first-order chi connectivity index (χ1) is 9.20. The zero-order valence-corrected chi connectivity index (χ0v) is 12.0. The second kappa shape index (κ2) is 4.75. The SMILES string of the molecule is O=Cc1c(-c2cccs2)c(=O)[nH]c2ccc(Br)cc12. The third-order valence-corrected chi connectivity index (χ3v) is 4.28. The van der Waals surface area contributed by atoms with E-state index < -0.39 is 0 Å². The summed E-state index contributed by atoms with van der Waals surface area (Å²) in [5, 5.41) is 2.63. The van der Waals surface area contributed by atoms with Gasteiger partial charge in [-0.1, -0.05) is 22.0 Å². The van der Waals surface area contributed by atoms with E-state index in [0.717, 1.165) is 21.0 Å². The highest BCUT2D eigenvalue weighted by Crippen LogP contribution is 2.29. The molecule has 0 saturated heterocycles. The highest BCUT2D eigenvalue weighted by Gasteiger charge is 2.14. The highest BCUT2D eigenvalue weighted by molar-refractivity contribution is 9.10. The van der Waals surface area contributed by atoms with Crippen LogP contribution in [0.2, 0.25) is 0 Å². The summed E-state index contributed by atoms with van der Waals surface area (Å²) in [4.78, 5) is 27.2. The summed E-state index contributed by atoms with van der Waals surface area (Å²) in [6, 6.07) is 9.15. The Hall–Kier alpha value is -1.72. The summed E-state index contributed by atoms with van der Waals surface area (Å²) < 4.78 is 0.868. The van der Waals surface area contributed by atoms with Crippen molar-refractivity contribution in [1.82, 2.24) is 4.98 Å². The number of carbonyl (C=O) groups is 1. The summed E-state index contributed by atoms with van der Waals surface area (Å²) in [6.45, 7) is 0. The third kappa shape index (κ3) is 2.05. The molecule has 3 aromatic rings. The normalized spacial score (nSPS) is 10.8. The smallest absolute Gasteiger partial charge is 0.257 e. The average Bonchev–Trinajstić information content (AvgIpc) is 2.91. The maximum atomic E-state index is 12.2. The van der Waals surface area contributed by atoms with Gasteiger partial charge in [-0.05, 0) is 29.6 Å². The Morgan fingerprint density at radius 3 is 2.79 bits per heavy atom. The molecule has 0 bridgehead atoms. The Morgan fingerprint density at radius 1 is 1.26 bits per heavy atom. The van der Waals surface area contributed by atoms with E-state index in [1.165, 1.54) is 11.3 Å². The minimum Gasteiger partial charge on any atom is -0.321 e. The van der Waals surface area contributed by atoms with Crippen LogP contribution in [0.25, 0.3) is 21.3 Å². The number of rotatable bonds is 2. The number of aromatic nitrogens is 1. The van der Waals surface area contributed by atoms with Crippen molar-refractivity contribution in [2.75, 3.05) is 0 Å². The van der Waals surface area contributed by atoms with E-state index in [-0.39, 0.29) is 5.56 Å². The van der Waals surface area contributed by atoms with Crippen molar-refractivity contribution in [1.29, 1.82) is 0 Å². The molecular formula is C14H8BrNO2S. The first-order valence-corrected chi connectivity index (χ1v) is 7.22. The molecule has 0 fully saturated rings. The quantitative estimate of drug-likeness (QED) is 0.724. The van der Waals surface area contributed by atoms with Crippen molar-refractivity contribution < 1.29 is 4.79 Å². The summed E-state index contributed by atoms with van der Waals surface area (Å²) in [5.41, 5.74) is 1.30. The number of hydrogen-bond acceptors (Lipinski definition) is 3. The molecule has 1 aromatic carbocycles. The molecule has 0 radical (unpaired) electrons. The summed E-state index contributed by atoms with van der Waals surface area (Å²) in [5.74, 6) is 0. The Kier molecular flexibility index (Phi) is 3.08. The lowest BCUT2D eigenvalue weighted by Gasteiger charge is -2.06. The molecule has 94 valence electrons. The summed E-state index contributed by atoms with van der Waals surface area (Å²) >= 11 is 4.82. The van der Waals surface area contributed by atoms with Gasteiger partial charge in [0.15, 0.2) is 6.29 Å². The van der Waals surface area contributed by atoms with Crippen molar-refractivity contribution in [2.24, 2.45) is 0 Å². The Labute approximate surface area is 121 Å². The van der Waals surface area contributed by atoms with Gasteiger partial charge in [0.1, 0.15) is 0 Å². The number of thiophene rings is 1. The number of benzene rings is 1. The third-order valence-electron chi connectivity index (χ3n) is 2.90. The molecule has 0 unspecified atom stereocenters. The van der Waals surface area contributed by atoms with E-state index >= 15 is 0 Å². The van der Waals surface area contributed by atoms with Crippen molar-refractivity contribution in [3.63, 3.8) is 0 Å². The molecule has 0 spiro atoms. The van der Waals surface area contributed by atoms with E-state index in [9.17, 15) is 9.59 Å². The molecule has 19 heavy (non-hydrogen) atoms. The molecule has 3 rings (SSSR count). The van der Waals surface area contributed by atoms with Crippen LogP contribution in [0.4, 0.5) is 0 Å². The second-order valence-corrected chi connectivity index (χ2v) is 5.89. The molecule has 2 heterocycles. The molecule has 3 nitrogen and oxygen atoms in total. The molecule has 0 aliphatic rings. The maximum Gasteiger partial charge on any atom is 0.257 e. The van der Waals surface area contributed by atoms with Crippen molar-refractivity contribution >= 4 is 44.5 Å². The van der Waals surface area contributed by atoms with Crippen molar-refractivity contribution in [2.45, 2.75) is 0 Å². The van der Waals surface area contributed by atoms with Gasteiger partial charge >= 0.3 is 0 Å². The van der Waals surface area contributed by atoms with Crippen LogP contribution in [0.1, 0.15) is 10.4 Å². The second-order valence-electron chi connectivity index (χ2n) is 4.03. The molecule has 2 aromatic heterocycles. The van der Waals surface area contributed by atoms with Gasteiger partial charge in [0.2, 0.25) is 0 Å². The molecule has 5 heteroatoms. The average molecular weight is 334 g/mol. The van der Waals surface area contributed by atoms with Crippen LogP contribution in [-0.4, -0.2) is 11.3 Å². The minimum atomic E-state index is -0.237. The molecule has 0 atom stereocenters. The Bertz CT molecular complexity index is 821. The van der Waals surface area contributed by atoms with E-state index in [1.54, 1.807) is 6.07 Å². The molecule has 0 aliphatic carbocycles. The number of hydrogen-bond donors (Lipinski definition) is 1. The van der Waals surface area contributed by atoms with E-state index in [2.05, 4.69) is 20.9 Å². The van der Waals surface area contributed by atoms with E-state index in [1.807, 2.05) is 29.6 Å². The van der Waals surface area contributed by atoms with Crippen LogP contribution < -0.4 is 5.56 Å². The van der Waals surface area contributed by atoms with E-state index in [0.29, 0.717) is 16.6 Å². The number of aromatic amines is 1. The zero-order chi connectivity index (χ0) is 13.4. The molecule has 0 amide bonds. The van der Waals surface area contributed by atoms with Gasteiger partial charge in [-0.25, -0.2) is 0 Å². The lowest BCUT2D eigenvalue weighted by molar-refractivity contribution is 0.112. The topological polar surface area (TPSA) is 49.9 Å². The van der Waals surface area contributed by atoms with Crippen LogP contribution in [0, 0.1) is 0 Å². The van der Waals surface area contributed by atoms with Gasteiger partial charge in [-0.15, -0.1) is 11.3 Å². The predicted molar refractivity (Wildman–Crippen MR) is 81.0 cm³/mol. The largest absolute Gasteiger partial charge is 0.321 e. The van der Waals surface area contributed by atoms with Gasteiger partial charge in [-0.3, -0.25) is 9.59 Å². The fraction of sp³-hybridized carbons (Fsp3) is 0. The number of carbonyl (C=O) groups excluding carboxylic acids is 1. The first kappa shape index (κ1) is 12.3. The van der Waals surface area contributed by atoms with Crippen LogP contribution in [0.5, 0.6) is 0 Å². The number of halogens is 1. The number of fused-ring (bicyclic) bond motifs is 1. The lowest BCUT2D eigenvalue weighted by atomic mass is 10.0. The number of nitrogens with one attached hydrogen (secondary N) is 1. The minimum absolute atomic E-state index is 0.237. The number of H-pyrrole nitrogens is 1. The number of pyridine rings is 1. The predicted octanol–water partition coefficient (Wildman–Crippen LogP) is 3.83. The van der Waals surface area contributed by atoms with Crippen LogP contribution in [0.3, 0.4) is 0 Å². The van der Waals surface area contributed by atoms with Gasteiger partial charge in [0, 0.05) is 25.8 Å². The summed E-state index contributed by atoms with van der Waals surface area (Å²) in [6.07, 6.45) is 0.749. The van der Waals surface area contributed by atoms with Crippen LogP contribution in [0.15, 0.2) is 45.0 Å². The van der Waals surface area contributed by atoms with Crippen molar-refractivity contribution in [3.05, 3.63) is 56.1 Å². The number of aldehydes is 1. The molecular weight excluding hydrogens is 326 g/mol. The van der Waals surface area contributed by atoms with Gasteiger partial charge in [-0.2, -0.15) is 0 Å². The van der Waals surface area contributed by atoms with E-state index in [4.69, 9.17) is 0 Å².